The number of nitrogens with two attached hydrogens (primary N) is 1. The zero-order chi connectivity index (χ0) is 12.4. The maximum atomic E-state index is 6.25. The van der Waals surface area contributed by atoms with Crippen molar-refractivity contribution in [3.63, 3.8) is 0 Å². The summed E-state index contributed by atoms with van der Waals surface area (Å²) in [6, 6.07) is 6.07. The van der Waals surface area contributed by atoms with Gasteiger partial charge in [-0.15, -0.1) is 0 Å². The number of rotatable bonds is 2. The van der Waals surface area contributed by atoms with Crippen molar-refractivity contribution in [2.45, 2.75) is 31.9 Å². The van der Waals surface area contributed by atoms with Gasteiger partial charge in [-0.1, -0.05) is 17.7 Å². The SMILES string of the molecule is COC1CCN(c2c(N)cccc2Cl)C(C)C1. The summed E-state index contributed by atoms with van der Waals surface area (Å²) in [6.07, 6.45) is 2.39. The lowest BCUT2D eigenvalue weighted by atomic mass is 9.99. The smallest absolute Gasteiger partial charge is 0.0791 e. The third kappa shape index (κ3) is 2.50. The monoisotopic (exact) mass is 254 g/mol. The van der Waals surface area contributed by atoms with E-state index in [1.807, 2.05) is 18.2 Å². The summed E-state index contributed by atoms with van der Waals surface area (Å²) in [6.45, 7) is 3.13. The van der Waals surface area contributed by atoms with Crippen LogP contribution in [0.15, 0.2) is 18.2 Å². The molecule has 3 nitrogen and oxygen atoms in total. The first-order chi connectivity index (χ1) is 8.13. The minimum atomic E-state index is 0.352. The fourth-order valence-electron chi connectivity index (χ4n) is 2.51. The Bertz CT molecular complexity index is 377. The first kappa shape index (κ1) is 12.5. The van der Waals surface area contributed by atoms with Crippen LogP contribution in [0, 0.1) is 0 Å². The van der Waals surface area contributed by atoms with Crippen molar-refractivity contribution in [3.05, 3.63) is 23.2 Å². The number of piperidine rings is 1. The van der Waals surface area contributed by atoms with E-state index >= 15 is 0 Å². The van der Waals surface area contributed by atoms with Crippen molar-refractivity contribution in [2.24, 2.45) is 0 Å². The topological polar surface area (TPSA) is 38.5 Å². The molecule has 1 aromatic carbocycles. The summed E-state index contributed by atoms with van der Waals surface area (Å²) >= 11 is 6.25. The Morgan fingerprint density at radius 3 is 2.82 bits per heavy atom. The Hall–Kier alpha value is -0.930. The van der Waals surface area contributed by atoms with Gasteiger partial charge in [-0.2, -0.15) is 0 Å². The predicted molar refractivity (Wildman–Crippen MR) is 72.7 cm³/mol. The molecule has 1 heterocycles. The number of para-hydroxylation sites is 1. The number of hydrogen-bond acceptors (Lipinski definition) is 3. The summed E-state index contributed by atoms with van der Waals surface area (Å²) < 4.78 is 5.42. The molecule has 0 amide bonds. The number of nitrogens with zero attached hydrogens (tertiary/aromatic N) is 1. The molecule has 1 fully saturated rings. The van der Waals surface area contributed by atoms with E-state index in [0.29, 0.717) is 12.1 Å². The number of halogens is 1. The molecule has 2 N–H and O–H groups in total. The van der Waals surface area contributed by atoms with E-state index in [1.165, 1.54) is 0 Å². The molecule has 0 bridgehead atoms. The van der Waals surface area contributed by atoms with Crippen LogP contribution in [0.4, 0.5) is 11.4 Å². The largest absolute Gasteiger partial charge is 0.397 e. The van der Waals surface area contributed by atoms with Gasteiger partial charge in [0.25, 0.3) is 0 Å². The minimum absolute atomic E-state index is 0.352. The first-order valence-corrected chi connectivity index (χ1v) is 6.34. The van der Waals surface area contributed by atoms with Crippen LogP contribution < -0.4 is 10.6 Å². The van der Waals surface area contributed by atoms with E-state index in [1.54, 1.807) is 7.11 Å². The second-order valence-electron chi connectivity index (χ2n) is 4.60. The number of hydrogen-bond donors (Lipinski definition) is 1. The summed E-state index contributed by atoms with van der Waals surface area (Å²) in [7, 11) is 1.77. The molecule has 0 aromatic heterocycles. The fourth-order valence-corrected chi connectivity index (χ4v) is 2.80. The number of anilines is 2. The van der Waals surface area contributed by atoms with E-state index in [0.717, 1.165) is 35.8 Å². The Labute approximate surface area is 107 Å². The van der Waals surface area contributed by atoms with E-state index in [4.69, 9.17) is 22.1 Å². The molecule has 2 rings (SSSR count). The number of nitrogen functional groups attached to an aromatic ring is 1. The zero-order valence-corrected chi connectivity index (χ0v) is 11.1. The Kier molecular flexibility index (Phi) is 3.79. The normalized spacial score (nSPS) is 25.0. The maximum Gasteiger partial charge on any atom is 0.0791 e. The molecule has 1 aliphatic heterocycles. The van der Waals surface area contributed by atoms with Gasteiger partial charge in [-0.25, -0.2) is 0 Å². The highest BCUT2D eigenvalue weighted by Gasteiger charge is 2.27. The van der Waals surface area contributed by atoms with Gasteiger partial charge in [-0.05, 0) is 31.9 Å². The van der Waals surface area contributed by atoms with Crippen LogP contribution in [0.2, 0.25) is 5.02 Å². The average molecular weight is 255 g/mol. The van der Waals surface area contributed by atoms with Gasteiger partial charge in [0.15, 0.2) is 0 Å². The molecule has 0 saturated carbocycles. The standard InChI is InChI=1S/C13H19ClN2O/c1-9-8-10(17-2)6-7-16(9)13-11(14)4-3-5-12(13)15/h3-5,9-10H,6-8,15H2,1-2H3. The quantitative estimate of drug-likeness (QED) is 0.825. The van der Waals surface area contributed by atoms with Crippen molar-refractivity contribution in [1.82, 2.24) is 0 Å². The lowest BCUT2D eigenvalue weighted by molar-refractivity contribution is 0.0721. The lowest BCUT2D eigenvalue weighted by Crippen LogP contribution is -2.43. The summed E-state index contributed by atoms with van der Waals surface area (Å²) in [5.74, 6) is 0. The molecule has 1 aliphatic rings. The maximum absolute atomic E-state index is 6.25. The molecule has 0 spiro atoms. The van der Waals surface area contributed by atoms with Crippen molar-refractivity contribution in [2.75, 3.05) is 24.3 Å². The zero-order valence-electron chi connectivity index (χ0n) is 10.3. The van der Waals surface area contributed by atoms with Gasteiger partial charge >= 0.3 is 0 Å². The third-order valence-corrected chi connectivity index (χ3v) is 3.77. The average Bonchev–Trinajstić information content (AvgIpc) is 2.30. The molecule has 94 valence electrons. The number of benzene rings is 1. The Morgan fingerprint density at radius 2 is 2.24 bits per heavy atom. The van der Waals surface area contributed by atoms with Gasteiger partial charge in [0.2, 0.25) is 0 Å². The molecular formula is C13H19ClN2O. The molecule has 1 aromatic rings. The highest BCUT2D eigenvalue weighted by Crippen LogP contribution is 2.36. The van der Waals surface area contributed by atoms with E-state index in [2.05, 4.69) is 11.8 Å². The van der Waals surface area contributed by atoms with E-state index in [-0.39, 0.29) is 0 Å². The van der Waals surface area contributed by atoms with Crippen LogP contribution in [0.3, 0.4) is 0 Å². The molecule has 2 atom stereocenters. The third-order valence-electron chi connectivity index (χ3n) is 3.47. The molecule has 2 unspecified atom stereocenters. The second kappa shape index (κ2) is 5.15. The van der Waals surface area contributed by atoms with Crippen LogP contribution in [0.25, 0.3) is 0 Å². The summed E-state index contributed by atoms with van der Waals surface area (Å²) in [5, 5.41) is 0.729. The van der Waals surface area contributed by atoms with Crippen LogP contribution >= 0.6 is 11.6 Å². The van der Waals surface area contributed by atoms with Crippen molar-refractivity contribution in [3.8, 4) is 0 Å². The van der Waals surface area contributed by atoms with Crippen LogP contribution in [-0.2, 0) is 4.74 Å². The Morgan fingerprint density at radius 1 is 1.47 bits per heavy atom. The fraction of sp³-hybridized carbons (Fsp3) is 0.538. The highest BCUT2D eigenvalue weighted by molar-refractivity contribution is 6.34. The van der Waals surface area contributed by atoms with Crippen LogP contribution in [0.5, 0.6) is 0 Å². The van der Waals surface area contributed by atoms with Gasteiger partial charge in [0, 0.05) is 19.7 Å². The molecule has 0 aliphatic carbocycles. The predicted octanol–water partition coefficient (Wildman–Crippen LogP) is 2.93. The lowest BCUT2D eigenvalue weighted by Gasteiger charge is -2.39. The van der Waals surface area contributed by atoms with Crippen molar-refractivity contribution < 1.29 is 4.74 Å². The van der Waals surface area contributed by atoms with Gasteiger partial charge in [-0.3, -0.25) is 0 Å². The molecule has 4 heteroatoms. The van der Waals surface area contributed by atoms with Gasteiger partial charge < -0.3 is 15.4 Å². The van der Waals surface area contributed by atoms with Crippen LogP contribution in [-0.4, -0.2) is 25.8 Å². The summed E-state index contributed by atoms with van der Waals surface area (Å²) in [4.78, 5) is 2.28. The number of methoxy groups -OCH3 is 1. The van der Waals surface area contributed by atoms with Crippen molar-refractivity contribution in [1.29, 1.82) is 0 Å². The molecule has 17 heavy (non-hydrogen) atoms. The minimum Gasteiger partial charge on any atom is -0.397 e. The Balaban J connectivity index is 2.23. The van der Waals surface area contributed by atoms with Crippen LogP contribution in [0.1, 0.15) is 19.8 Å². The first-order valence-electron chi connectivity index (χ1n) is 5.97. The molecule has 1 saturated heterocycles. The van der Waals surface area contributed by atoms with E-state index < -0.39 is 0 Å². The molecule has 0 radical (unpaired) electrons. The molecular weight excluding hydrogens is 236 g/mol. The van der Waals surface area contributed by atoms with Gasteiger partial charge in [0.1, 0.15) is 0 Å². The van der Waals surface area contributed by atoms with Crippen molar-refractivity contribution >= 4 is 23.0 Å². The number of ether oxygens (including phenoxy) is 1. The van der Waals surface area contributed by atoms with Gasteiger partial charge in [0.05, 0.1) is 22.5 Å². The second-order valence-corrected chi connectivity index (χ2v) is 5.01. The highest BCUT2D eigenvalue weighted by atomic mass is 35.5. The summed E-state index contributed by atoms with van der Waals surface area (Å²) in [5.41, 5.74) is 7.74. The van der Waals surface area contributed by atoms with E-state index in [9.17, 15) is 0 Å².